The van der Waals surface area contributed by atoms with E-state index in [1.165, 1.54) is 6.07 Å². The lowest BCUT2D eigenvalue weighted by Gasteiger charge is -2.77. The normalized spacial score (nSPS) is 29.8. The fourth-order valence-corrected chi connectivity index (χ4v) is 6.36. The Morgan fingerprint density at radius 3 is 2.83 bits per heavy atom. The Bertz CT molecular complexity index is 1090. The van der Waals surface area contributed by atoms with Gasteiger partial charge in [-0.15, -0.1) is 0 Å². The van der Waals surface area contributed by atoms with Gasteiger partial charge in [0.1, 0.15) is 5.82 Å². The first-order valence-corrected chi connectivity index (χ1v) is 10.4. The first-order chi connectivity index (χ1) is 14.3. The third kappa shape index (κ3) is 2.25. The predicted molar refractivity (Wildman–Crippen MR) is 109 cm³/mol. The molecule has 0 aliphatic heterocycles. The van der Waals surface area contributed by atoms with Crippen molar-refractivity contribution >= 4 is 6.03 Å². The fraction of sp³-hybridized carbons (Fsp3) is 0.478. The summed E-state index contributed by atoms with van der Waals surface area (Å²) in [6.07, 6.45) is 2.22. The van der Waals surface area contributed by atoms with E-state index in [2.05, 4.69) is 23.2 Å². The molecule has 0 saturated heterocycles. The number of amides is 2. The maximum Gasteiger partial charge on any atom is 0.314 e. The number of primary amides is 1. The highest BCUT2D eigenvalue weighted by Crippen LogP contribution is 2.80. The number of carbonyl (C=O) groups is 1. The molecule has 4 bridgehead atoms. The lowest BCUT2D eigenvalue weighted by atomic mass is 9.27. The number of carbonyl (C=O) groups excluding carboxylic acids is 1. The summed E-state index contributed by atoms with van der Waals surface area (Å²) in [5.41, 5.74) is 9.32. The average Bonchev–Trinajstić information content (AvgIpc) is 2.71. The van der Waals surface area contributed by atoms with Crippen LogP contribution in [-0.2, 0) is 5.41 Å². The van der Waals surface area contributed by atoms with Crippen LogP contribution in [0.15, 0.2) is 24.3 Å². The third-order valence-corrected chi connectivity index (χ3v) is 8.03. The van der Waals surface area contributed by atoms with Gasteiger partial charge in [0.15, 0.2) is 0 Å². The number of nitrogens with two attached hydrogens (primary N) is 1. The van der Waals surface area contributed by atoms with Gasteiger partial charge in [0, 0.05) is 24.1 Å². The summed E-state index contributed by atoms with van der Waals surface area (Å²) in [7, 11) is 0. The molecule has 154 valence electrons. The molecule has 4 atom stereocenters. The highest BCUT2D eigenvalue weighted by atomic mass is 19.1. The number of urea groups is 1. The van der Waals surface area contributed by atoms with E-state index in [-0.39, 0.29) is 23.1 Å². The molecule has 30 heavy (non-hydrogen) atoms. The predicted octanol–water partition coefficient (Wildman–Crippen LogP) is 3.65. The van der Waals surface area contributed by atoms with Crippen molar-refractivity contribution in [2.75, 3.05) is 13.1 Å². The van der Waals surface area contributed by atoms with Crippen molar-refractivity contribution in [3.63, 3.8) is 0 Å². The van der Waals surface area contributed by atoms with Crippen LogP contribution in [0.1, 0.15) is 48.9 Å². The molecule has 2 aromatic rings. The van der Waals surface area contributed by atoms with Gasteiger partial charge >= 0.3 is 6.03 Å². The first-order valence-electron chi connectivity index (χ1n) is 10.4. The van der Waals surface area contributed by atoms with Gasteiger partial charge in [-0.3, -0.25) is 0 Å². The van der Waals surface area contributed by atoms with E-state index < -0.39 is 6.03 Å². The molecule has 2 saturated carbocycles. The minimum atomic E-state index is -0.513. The summed E-state index contributed by atoms with van der Waals surface area (Å²) >= 11 is 0. The van der Waals surface area contributed by atoms with Gasteiger partial charge in [0.25, 0.3) is 0 Å². The zero-order valence-corrected chi connectivity index (χ0v) is 17.2. The van der Waals surface area contributed by atoms with Crippen molar-refractivity contribution < 1.29 is 9.18 Å². The molecule has 1 aromatic carbocycles. The minimum Gasteiger partial charge on any atom is -0.351 e. The number of aryl methyl sites for hydroxylation is 1. The van der Waals surface area contributed by atoms with Gasteiger partial charge < -0.3 is 10.6 Å². The Morgan fingerprint density at radius 1 is 1.40 bits per heavy atom. The summed E-state index contributed by atoms with van der Waals surface area (Å²) in [4.78, 5) is 13.6. The van der Waals surface area contributed by atoms with Gasteiger partial charge in [-0.05, 0) is 60.3 Å². The van der Waals surface area contributed by atoms with E-state index in [4.69, 9.17) is 11.0 Å². The lowest BCUT2D eigenvalue weighted by molar-refractivity contribution is -0.198. The zero-order chi connectivity index (χ0) is 21.3. The Balaban J connectivity index is 1.57. The second-order valence-corrected chi connectivity index (χ2v) is 9.25. The van der Waals surface area contributed by atoms with Crippen molar-refractivity contribution in [1.29, 1.82) is 5.26 Å². The van der Waals surface area contributed by atoms with E-state index in [0.717, 1.165) is 29.7 Å². The molecular weight excluding hydrogens is 381 g/mol. The average molecular weight is 405 g/mol. The minimum absolute atomic E-state index is 0.0646. The Hall–Kier alpha value is -3.01. The molecule has 1 aromatic heterocycles. The largest absolute Gasteiger partial charge is 0.351 e. The molecule has 7 heteroatoms. The van der Waals surface area contributed by atoms with Crippen LogP contribution in [0.3, 0.4) is 0 Å². The number of benzene rings is 1. The topological polar surface area (TPSA) is 95.9 Å². The number of rotatable bonds is 5. The standard InChI is InChI=1S/C23H24FN5O/c1-13-5-3-6-17(24)19(13)18-9-14-15-10-22(2)16(15)11-23(22,20(14)28-27-18)12-29(21(26)30)8-4-7-25/h3,5-6,9,15-16H,4,8,10-12H2,1-2H3,(H2,26,30). The van der Waals surface area contributed by atoms with Crippen molar-refractivity contribution in [3.8, 4) is 17.3 Å². The Kier molecular flexibility index (Phi) is 3.95. The summed E-state index contributed by atoms with van der Waals surface area (Å²) in [5, 5.41) is 18.0. The number of nitrogens with zero attached hydrogens (tertiary/aromatic N) is 4. The van der Waals surface area contributed by atoms with Crippen LogP contribution < -0.4 is 5.73 Å². The number of hydrogen-bond donors (Lipinski definition) is 1. The second-order valence-electron chi connectivity index (χ2n) is 9.25. The molecule has 0 spiro atoms. The molecule has 2 amide bonds. The van der Waals surface area contributed by atoms with Crippen LogP contribution in [0.4, 0.5) is 9.18 Å². The van der Waals surface area contributed by atoms with Gasteiger partial charge in [0.2, 0.25) is 0 Å². The monoisotopic (exact) mass is 405 g/mol. The highest BCUT2D eigenvalue weighted by molar-refractivity contribution is 5.72. The number of hydrogen-bond acceptors (Lipinski definition) is 4. The Labute approximate surface area is 174 Å². The van der Waals surface area contributed by atoms with Gasteiger partial charge in [-0.2, -0.15) is 15.5 Å². The molecule has 3 aliphatic carbocycles. The summed E-state index contributed by atoms with van der Waals surface area (Å²) < 4.78 is 14.5. The smallest absolute Gasteiger partial charge is 0.314 e. The fourth-order valence-electron chi connectivity index (χ4n) is 6.36. The van der Waals surface area contributed by atoms with Crippen molar-refractivity contribution in [1.82, 2.24) is 15.1 Å². The molecule has 2 fully saturated rings. The summed E-state index contributed by atoms with van der Waals surface area (Å²) in [6.45, 7) is 4.90. The SMILES string of the molecule is Cc1cccc(F)c1-c1cc2c(nn1)C1(CN(CCC#N)C(N)=O)CC3C2CC31C. The highest BCUT2D eigenvalue weighted by Gasteiger charge is 2.76. The molecule has 3 aliphatic rings. The van der Waals surface area contributed by atoms with Gasteiger partial charge in [-0.1, -0.05) is 19.1 Å². The van der Waals surface area contributed by atoms with E-state index in [1.54, 1.807) is 11.0 Å². The number of aromatic nitrogens is 2. The molecule has 1 heterocycles. The van der Waals surface area contributed by atoms with Crippen molar-refractivity contribution in [3.05, 3.63) is 46.9 Å². The van der Waals surface area contributed by atoms with Crippen LogP contribution in [0, 0.1) is 35.4 Å². The van der Waals surface area contributed by atoms with E-state index in [1.807, 2.05) is 19.1 Å². The Morgan fingerprint density at radius 2 is 2.20 bits per heavy atom. The van der Waals surface area contributed by atoms with Crippen LogP contribution >= 0.6 is 0 Å². The number of fused-ring (bicyclic) bond motifs is 3. The van der Waals surface area contributed by atoms with E-state index in [0.29, 0.717) is 36.2 Å². The van der Waals surface area contributed by atoms with Crippen molar-refractivity contribution in [2.45, 2.75) is 44.4 Å². The maximum atomic E-state index is 14.5. The van der Waals surface area contributed by atoms with Crippen molar-refractivity contribution in [2.24, 2.45) is 17.1 Å². The van der Waals surface area contributed by atoms with Crippen LogP contribution in [0.2, 0.25) is 0 Å². The maximum absolute atomic E-state index is 14.5. The van der Waals surface area contributed by atoms with Gasteiger partial charge in [0.05, 0.1) is 23.9 Å². The number of halogens is 1. The molecule has 5 rings (SSSR count). The molecule has 2 N–H and O–H groups in total. The van der Waals surface area contributed by atoms with Crippen LogP contribution in [-0.4, -0.2) is 34.2 Å². The lowest BCUT2D eigenvalue weighted by Crippen LogP contribution is -2.75. The second kappa shape index (κ2) is 6.24. The number of nitriles is 1. The van der Waals surface area contributed by atoms with Gasteiger partial charge in [-0.25, -0.2) is 9.18 Å². The van der Waals surface area contributed by atoms with E-state index in [9.17, 15) is 9.18 Å². The van der Waals surface area contributed by atoms with Crippen LogP contribution in [0.25, 0.3) is 11.3 Å². The molecule has 6 nitrogen and oxygen atoms in total. The van der Waals surface area contributed by atoms with Crippen LogP contribution in [0.5, 0.6) is 0 Å². The summed E-state index contributed by atoms with van der Waals surface area (Å²) in [6, 6.07) is 8.59. The molecule has 0 radical (unpaired) electrons. The first kappa shape index (κ1) is 19.0. The molecular formula is C23H24FN5O. The van der Waals surface area contributed by atoms with E-state index >= 15 is 0 Å². The third-order valence-electron chi connectivity index (χ3n) is 8.03. The zero-order valence-electron chi connectivity index (χ0n) is 17.2. The quantitative estimate of drug-likeness (QED) is 0.821. The summed E-state index contributed by atoms with van der Waals surface area (Å²) in [5.74, 6) is 0.651. The molecule has 4 unspecified atom stereocenters.